The summed E-state index contributed by atoms with van der Waals surface area (Å²) >= 11 is 0. The number of rotatable bonds is 7. The van der Waals surface area contributed by atoms with E-state index in [9.17, 15) is 4.39 Å². The molecule has 0 atom stereocenters. The number of nitrogens with one attached hydrogen (secondary N) is 2. The van der Waals surface area contributed by atoms with Crippen molar-refractivity contribution >= 4 is 0 Å². The van der Waals surface area contributed by atoms with Gasteiger partial charge in [-0.3, -0.25) is 4.98 Å². The molecule has 3 heterocycles. The highest BCUT2D eigenvalue weighted by molar-refractivity contribution is 5.65. The average Bonchev–Trinajstić information content (AvgIpc) is 3.52. The Bertz CT molecular complexity index is 1320. The van der Waals surface area contributed by atoms with Gasteiger partial charge < -0.3 is 9.72 Å². The summed E-state index contributed by atoms with van der Waals surface area (Å²) in [4.78, 5) is 12.1. The second kappa shape index (κ2) is 8.76. The van der Waals surface area contributed by atoms with Crippen molar-refractivity contribution in [1.29, 1.82) is 0 Å². The standard InChI is InChI=1S/C23H18FN7O/c24-18-7-6-16(21(12-18)32-13-15-4-2-1-3-5-15)10-20-22(27-14-26-20)19-11-17(8-9-25-19)23-28-30-31-29-23/h1-9,11-12,14H,10,13H2,(H,26,27)(H,28,29,30,31). The van der Waals surface area contributed by atoms with Gasteiger partial charge in [0.05, 0.1) is 12.0 Å². The van der Waals surface area contributed by atoms with Crippen LogP contribution < -0.4 is 4.74 Å². The summed E-state index contributed by atoms with van der Waals surface area (Å²) in [7, 11) is 0. The van der Waals surface area contributed by atoms with Crippen molar-refractivity contribution in [1.82, 2.24) is 35.6 Å². The molecule has 5 aromatic rings. The lowest BCUT2D eigenvalue weighted by atomic mass is 10.0. The van der Waals surface area contributed by atoms with Gasteiger partial charge in [-0.05, 0) is 29.0 Å². The number of hydrogen-bond donors (Lipinski definition) is 2. The van der Waals surface area contributed by atoms with Crippen molar-refractivity contribution in [2.75, 3.05) is 0 Å². The normalized spacial score (nSPS) is 10.9. The van der Waals surface area contributed by atoms with E-state index in [0.29, 0.717) is 36.0 Å². The van der Waals surface area contributed by atoms with Gasteiger partial charge in [-0.25, -0.2) is 9.37 Å². The minimum Gasteiger partial charge on any atom is -0.489 e. The molecule has 3 aromatic heterocycles. The highest BCUT2D eigenvalue weighted by Crippen LogP contribution is 2.28. The third-order valence-electron chi connectivity index (χ3n) is 4.96. The maximum Gasteiger partial charge on any atom is 0.204 e. The Balaban J connectivity index is 1.42. The van der Waals surface area contributed by atoms with Gasteiger partial charge >= 0.3 is 0 Å². The Morgan fingerprint density at radius 2 is 1.88 bits per heavy atom. The van der Waals surface area contributed by atoms with Crippen molar-refractivity contribution in [3.63, 3.8) is 0 Å². The molecule has 158 valence electrons. The van der Waals surface area contributed by atoms with Gasteiger partial charge in [0.15, 0.2) is 0 Å². The number of H-pyrrole nitrogens is 2. The Morgan fingerprint density at radius 1 is 0.969 bits per heavy atom. The third kappa shape index (κ3) is 4.22. The predicted octanol–water partition coefficient (Wildman–Crippen LogP) is 3.96. The summed E-state index contributed by atoms with van der Waals surface area (Å²) in [5, 5.41) is 14.1. The molecule has 0 saturated heterocycles. The van der Waals surface area contributed by atoms with E-state index in [2.05, 4.69) is 35.6 Å². The van der Waals surface area contributed by atoms with Crippen LogP contribution in [0.25, 0.3) is 22.8 Å². The lowest BCUT2D eigenvalue weighted by Crippen LogP contribution is -2.01. The van der Waals surface area contributed by atoms with Gasteiger partial charge in [0.1, 0.15) is 23.9 Å². The Kier molecular flexibility index (Phi) is 5.36. The number of aromatic amines is 2. The van der Waals surface area contributed by atoms with Crippen LogP contribution in [0, 0.1) is 5.82 Å². The minimum atomic E-state index is -0.351. The van der Waals surface area contributed by atoms with Crippen LogP contribution in [-0.2, 0) is 13.0 Å². The van der Waals surface area contributed by atoms with Crippen LogP contribution in [0.5, 0.6) is 5.75 Å². The van der Waals surface area contributed by atoms with Crippen molar-refractivity contribution < 1.29 is 9.13 Å². The molecule has 0 bridgehead atoms. The van der Waals surface area contributed by atoms with Crippen molar-refractivity contribution in [2.24, 2.45) is 0 Å². The molecule has 0 amide bonds. The molecule has 32 heavy (non-hydrogen) atoms. The highest BCUT2D eigenvalue weighted by Gasteiger charge is 2.15. The Morgan fingerprint density at radius 3 is 2.72 bits per heavy atom. The molecule has 0 unspecified atom stereocenters. The SMILES string of the molecule is Fc1ccc(Cc2[nH]cnc2-c2cc(-c3nn[nH]n3)ccn2)c(OCc2ccccc2)c1. The Hall–Kier alpha value is -4.40. The van der Waals surface area contributed by atoms with Crippen LogP contribution in [0.4, 0.5) is 4.39 Å². The summed E-state index contributed by atoms with van der Waals surface area (Å²) in [6, 6.07) is 18.0. The lowest BCUT2D eigenvalue weighted by molar-refractivity contribution is 0.301. The highest BCUT2D eigenvalue weighted by atomic mass is 19.1. The fraction of sp³-hybridized carbons (Fsp3) is 0.0870. The maximum absolute atomic E-state index is 13.9. The first-order valence-corrected chi connectivity index (χ1v) is 9.94. The fourth-order valence-corrected chi connectivity index (χ4v) is 3.39. The molecule has 2 aromatic carbocycles. The van der Waals surface area contributed by atoms with Crippen LogP contribution in [0.15, 0.2) is 73.2 Å². The second-order valence-electron chi connectivity index (χ2n) is 7.10. The van der Waals surface area contributed by atoms with Crippen LogP contribution in [0.2, 0.25) is 0 Å². The summed E-state index contributed by atoms with van der Waals surface area (Å²) in [5.74, 6) is 0.611. The zero-order valence-electron chi connectivity index (χ0n) is 16.9. The number of nitrogens with zero attached hydrogens (tertiary/aromatic N) is 5. The first-order valence-electron chi connectivity index (χ1n) is 9.94. The first-order chi connectivity index (χ1) is 15.8. The molecular formula is C23H18FN7O. The van der Waals surface area contributed by atoms with E-state index >= 15 is 0 Å². The first kappa shape index (κ1) is 19.6. The van der Waals surface area contributed by atoms with Crippen LogP contribution in [0.3, 0.4) is 0 Å². The smallest absolute Gasteiger partial charge is 0.204 e. The number of pyridine rings is 1. The van der Waals surface area contributed by atoms with E-state index in [-0.39, 0.29) is 5.82 Å². The number of imidazole rings is 1. The monoisotopic (exact) mass is 427 g/mol. The summed E-state index contributed by atoms with van der Waals surface area (Å²) < 4.78 is 19.9. The molecule has 0 aliphatic heterocycles. The molecule has 9 heteroatoms. The largest absolute Gasteiger partial charge is 0.489 e. The number of aromatic nitrogens is 7. The molecule has 8 nitrogen and oxygen atoms in total. The van der Waals surface area contributed by atoms with Crippen LogP contribution in [-0.4, -0.2) is 35.6 Å². The zero-order chi connectivity index (χ0) is 21.8. The van der Waals surface area contributed by atoms with E-state index in [0.717, 1.165) is 22.4 Å². The van der Waals surface area contributed by atoms with E-state index in [1.165, 1.54) is 12.1 Å². The summed E-state index contributed by atoms with van der Waals surface area (Å²) in [6.07, 6.45) is 3.75. The van der Waals surface area contributed by atoms with Gasteiger partial charge in [-0.2, -0.15) is 5.21 Å². The second-order valence-corrected chi connectivity index (χ2v) is 7.10. The number of ether oxygens (including phenoxy) is 1. The maximum atomic E-state index is 13.9. The molecule has 0 fully saturated rings. The number of tetrazole rings is 1. The zero-order valence-corrected chi connectivity index (χ0v) is 16.9. The van der Waals surface area contributed by atoms with Gasteiger partial charge in [0, 0.05) is 35.5 Å². The van der Waals surface area contributed by atoms with Gasteiger partial charge in [-0.1, -0.05) is 36.4 Å². The lowest BCUT2D eigenvalue weighted by Gasteiger charge is -2.12. The van der Waals surface area contributed by atoms with Crippen molar-refractivity contribution in [2.45, 2.75) is 13.0 Å². The van der Waals surface area contributed by atoms with Gasteiger partial charge in [-0.15, -0.1) is 10.2 Å². The van der Waals surface area contributed by atoms with Crippen molar-refractivity contribution in [3.05, 3.63) is 95.8 Å². The fourth-order valence-electron chi connectivity index (χ4n) is 3.39. The third-order valence-corrected chi connectivity index (χ3v) is 4.96. The minimum absolute atomic E-state index is 0.349. The van der Waals surface area contributed by atoms with Crippen LogP contribution >= 0.6 is 0 Å². The average molecular weight is 427 g/mol. The number of benzene rings is 2. The number of halogens is 1. The van der Waals surface area contributed by atoms with Crippen LogP contribution in [0.1, 0.15) is 16.8 Å². The van der Waals surface area contributed by atoms with E-state index in [4.69, 9.17) is 4.74 Å². The summed E-state index contributed by atoms with van der Waals surface area (Å²) in [6.45, 7) is 0.349. The molecule has 0 aliphatic rings. The molecule has 2 N–H and O–H groups in total. The quantitative estimate of drug-likeness (QED) is 0.407. The summed E-state index contributed by atoms with van der Waals surface area (Å²) in [5.41, 5.74) is 4.80. The number of hydrogen-bond acceptors (Lipinski definition) is 6. The molecule has 0 radical (unpaired) electrons. The van der Waals surface area contributed by atoms with Gasteiger partial charge in [0.25, 0.3) is 0 Å². The van der Waals surface area contributed by atoms with Crippen molar-refractivity contribution in [3.8, 4) is 28.5 Å². The predicted molar refractivity (Wildman–Crippen MR) is 115 cm³/mol. The molecule has 5 rings (SSSR count). The molecular weight excluding hydrogens is 409 g/mol. The van der Waals surface area contributed by atoms with E-state index in [1.54, 1.807) is 24.7 Å². The molecule has 0 aliphatic carbocycles. The Labute approximate surface area is 182 Å². The molecule has 0 saturated carbocycles. The topological polar surface area (TPSA) is 105 Å². The molecule has 0 spiro atoms. The van der Waals surface area contributed by atoms with E-state index in [1.807, 2.05) is 36.4 Å². The van der Waals surface area contributed by atoms with E-state index < -0.39 is 0 Å². The van der Waals surface area contributed by atoms with Gasteiger partial charge in [0.2, 0.25) is 5.82 Å².